The Kier molecular flexibility index (Phi) is 3.60. The first-order chi connectivity index (χ1) is 10.9. The van der Waals surface area contributed by atoms with Crippen LogP contribution in [0.4, 0.5) is 5.69 Å². The molecule has 4 rings (SSSR count). The number of hydrogen-bond acceptors (Lipinski definition) is 4. The van der Waals surface area contributed by atoms with Crippen LogP contribution in [0.25, 0.3) is 10.6 Å². The summed E-state index contributed by atoms with van der Waals surface area (Å²) < 4.78 is 7.81. The third-order valence-electron chi connectivity index (χ3n) is 3.73. The maximum atomic E-state index is 5.42. The lowest BCUT2D eigenvalue weighted by molar-refractivity contribution is 0.416. The Hall–Kier alpha value is -1.85. The van der Waals surface area contributed by atoms with E-state index in [1.807, 2.05) is 24.3 Å². The monoisotopic (exact) mass is 328 g/mol. The number of benzene rings is 1. The fourth-order valence-electron chi connectivity index (χ4n) is 2.52. The zero-order chi connectivity index (χ0) is 14.9. The summed E-state index contributed by atoms with van der Waals surface area (Å²) in [7, 11) is 1.69. The Morgan fingerprint density at radius 1 is 1.14 bits per heavy atom. The Labute approximate surface area is 137 Å². The lowest BCUT2D eigenvalue weighted by Gasteiger charge is -2.06. The topological polar surface area (TPSA) is 26.5 Å². The molecule has 1 aromatic carbocycles. The Bertz CT molecular complexity index is 842. The molecule has 2 heterocycles. The summed E-state index contributed by atoms with van der Waals surface area (Å²) in [6.07, 6.45) is 2.49. The minimum Gasteiger partial charge on any atom is -0.494 e. The molecule has 0 amide bonds. The predicted molar refractivity (Wildman–Crippen MR) is 92.1 cm³/mol. The van der Waals surface area contributed by atoms with Gasteiger partial charge in [-0.1, -0.05) is 18.2 Å². The molecule has 3 nitrogen and oxygen atoms in total. The highest BCUT2D eigenvalue weighted by Gasteiger charge is 2.27. The predicted octanol–water partition coefficient (Wildman–Crippen LogP) is 4.85. The molecule has 0 bridgehead atoms. The maximum absolute atomic E-state index is 5.42. The van der Waals surface area contributed by atoms with Crippen molar-refractivity contribution in [3.8, 4) is 16.3 Å². The largest absolute Gasteiger partial charge is 0.494 e. The first kappa shape index (κ1) is 13.8. The van der Waals surface area contributed by atoms with Crippen molar-refractivity contribution in [2.75, 3.05) is 7.11 Å². The van der Waals surface area contributed by atoms with Crippen molar-refractivity contribution in [1.82, 2.24) is 4.57 Å². The van der Waals surface area contributed by atoms with Crippen molar-refractivity contribution < 1.29 is 4.74 Å². The average molecular weight is 328 g/mol. The first-order valence-corrected chi connectivity index (χ1v) is 9.04. The van der Waals surface area contributed by atoms with Gasteiger partial charge in [0.15, 0.2) is 4.80 Å². The van der Waals surface area contributed by atoms with Crippen molar-refractivity contribution in [3.05, 3.63) is 52.0 Å². The minimum absolute atomic E-state index is 0.594. The third-order valence-corrected chi connectivity index (χ3v) is 5.46. The van der Waals surface area contributed by atoms with E-state index in [0.717, 1.165) is 16.2 Å². The summed E-state index contributed by atoms with van der Waals surface area (Å²) in [5, 5.41) is 4.35. The van der Waals surface area contributed by atoms with Crippen molar-refractivity contribution in [3.63, 3.8) is 0 Å². The number of thiazole rings is 1. The molecule has 0 saturated heterocycles. The molecule has 1 aliphatic rings. The summed E-state index contributed by atoms with van der Waals surface area (Å²) >= 11 is 3.49. The fraction of sp³-hybridized carbons (Fsp3) is 0.235. The normalized spacial score (nSPS) is 15.2. The molecule has 2 aromatic heterocycles. The van der Waals surface area contributed by atoms with Gasteiger partial charge in [-0.25, -0.2) is 4.99 Å². The quantitative estimate of drug-likeness (QED) is 0.672. The van der Waals surface area contributed by atoms with E-state index in [2.05, 4.69) is 27.5 Å². The molecule has 5 heteroatoms. The van der Waals surface area contributed by atoms with Crippen LogP contribution in [0.2, 0.25) is 0 Å². The number of nitrogens with zero attached hydrogens (tertiary/aromatic N) is 2. The van der Waals surface area contributed by atoms with E-state index in [9.17, 15) is 0 Å². The Morgan fingerprint density at radius 2 is 2.00 bits per heavy atom. The summed E-state index contributed by atoms with van der Waals surface area (Å²) in [5.41, 5.74) is 2.18. The number of para-hydroxylation sites is 2. The van der Waals surface area contributed by atoms with Crippen molar-refractivity contribution >= 4 is 28.4 Å². The molecule has 0 radical (unpaired) electrons. The maximum Gasteiger partial charge on any atom is 0.190 e. The highest BCUT2D eigenvalue weighted by Crippen LogP contribution is 2.39. The summed E-state index contributed by atoms with van der Waals surface area (Å²) in [5.74, 6) is 0.816. The van der Waals surface area contributed by atoms with Crippen LogP contribution in [0, 0.1) is 0 Å². The third kappa shape index (κ3) is 2.51. The molecular formula is C17H16N2OS2. The molecule has 0 N–H and O–H groups in total. The van der Waals surface area contributed by atoms with Gasteiger partial charge < -0.3 is 9.30 Å². The van der Waals surface area contributed by atoms with Crippen molar-refractivity contribution in [1.29, 1.82) is 0 Å². The van der Waals surface area contributed by atoms with Gasteiger partial charge in [0.1, 0.15) is 11.4 Å². The molecule has 22 heavy (non-hydrogen) atoms. The van der Waals surface area contributed by atoms with Crippen LogP contribution < -0.4 is 9.54 Å². The molecule has 112 valence electrons. The van der Waals surface area contributed by atoms with Crippen LogP contribution in [-0.2, 0) is 0 Å². The number of aromatic nitrogens is 1. The van der Waals surface area contributed by atoms with E-state index < -0.39 is 0 Å². The number of rotatable bonds is 4. The summed E-state index contributed by atoms with van der Waals surface area (Å²) in [4.78, 5) is 7.23. The standard InChI is InChI=1S/C17H16N2OS2/c1-20-15-6-3-2-5-13(15)18-17-19(12-8-9-12)14(11-22-17)16-7-4-10-21-16/h2-7,10-12H,8-9H2,1H3. The molecule has 1 saturated carbocycles. The van der Waals surface area contributed by atoms with Crippen LogP contribution in [0.15, 0.2) is 52.2 Å². The molecular weight excluding hydrogens is 312 g/mol. The van der Waals surface area contributed by atoms with Gasteiger partial charge in [-0.3, -0.25) is 0 Å². The van der Waals surface area contributed by atoms with Gasteiger partial charge in [0.2, 0.25) is 0 Å². The van der Waals surface area contributed by atoms with Gasteiger partial charge in [-0.05, 0) is 36.4 Å². The lowest BCUT2D eigenvalue weighted by Crippen LogP contribution is -2.14. The second-order valence-electron chi connectivity index (χ2n) is 5.27. The van der Waals surface area contributed by atoms with Crippen LogP contribution in [0.3, 0.4) is 0 Å². The van der Waals surface area contributed by atoms with E-state index >= 15 is 0 Å². The number of ether oxygens (including phenoxy) is 1. The van der Waals surface area contributed by atoms with Crippen LogP contribution in [0.5, 0.6) is 5.75 Å². The molecule has 0 spiro atoms. The Balaban J connectivity index is 1.87. The second-order valence-corrected chi connectivity index (χ2v) is 7.05. The van der Waals surface area contributed by atoms with Gasteiger partial charge in [0, 0.05) is 11.4 Å². The van der Waals surface area contributed by atoms with E-state index in [1.54, 1.807) is 29.8 Å². The van der Waals surface area contributed by atoms with Crippen LogP contribution in [-0.4, -0.2) is 11.7 Å². The smallest absolute Gasteiger partial charge is 0.190 e. The van der Waals surface area contributed by atoms with E-state index in [1.165, 1.54) is 23.4 Å². The number of thiophene rings is 1. The molecule has 0 unspecified atom stereocenters. The van der Waals surface area contributed by atoms with E-state index in [-0.39, 0.29) is 0 Å². The van der Waals surface area contributed by atoms with Crippen molar-refractivity contribution in [2.24, 2.45) is 4.99 Å². The van der Waals surface area contributed by atoms with Crippen LogP contribution in [0.1, 0.15) is 18.9 Å². The second kappa shape index (κ2) is 5.74. The number of methoxy groups -OCH3 is 1. The lowest BCUT2D eigenvalue weighted by atomic mass is 10.3. The molecule has 0 aliphatic heterocycles. The van der Waals surface area contributed by atoms with Gasteiger partial charge in [0.05, 0.1) is 17.7 Å². The summed E-state index contributed by atoms with van der Waals surface area (Å²) in [6, 6.07) is 12.8. The van der Waals surface area contributed by atoms with Crippen LogP contribution >= 0.6 is 22.7 Å². The average Bonchev–Trinajstić information content (AvgIpc) is 3.08. The SMILES string of the molecule is COc1ccccc1N=c1scc(-c2cccs2)n1C1CC1. The van der Waals surface area contributed by atoms with E-state index in [4.69, 9.17) is 9.73 Å². The molecule has 1 aliphatic carbocycles. The highest BCUT2D eigenvalue weighted by molar-refractivity contribution is 7.14. The molecule has 0 atom stereocenters. The first-order valence-electron chi connectivity index (χ1n) is 7.28. The Morgan fingerprint density at radius 3 is 2.73 bits per heavy atom. The molecule has 3 aromatic rings. The van der Waals surface area contributed by atoms with Gasteiger partial charge in [-0.15, -0.1) is 22.7 Å². The molecule has 1 fully saturated rings. The number of hydrogen-bond donors (Lipinski definition) is 0. The van der Waals surface area contributed by atoms with E-state index in [0.29, 0.717) is 6.04 Å². The van der Waals surface area contributed by atoms with Gasteiger partial charge >= 0.3 is 0 Å². The fourth-order valence-corrected chi connectivity index (χ4v) is 4.30. The zero-order valence-corrected chi connectivity index (χ0v) is 13.9. The minimum atomic E-state index is 0.594. The summed E-state index contributed by atoms with van der Waals surface area (Å²) in [6.45, 7) is 0. The zero-order valence-electron chi connectivity index (χ0n) is 12.2. The van der Waals surface area contributed by atoms with Gasteiger partial charge in [-0.2, -0.15) is 0 Å². The van der Waals surface area contributed by atoms with Crippen molar-refractivity contribution in [2.45, 2.75) is 18.9 Å². The van der Waals surface area contributed by atoms with Gasteiger partial charge in [0.25, 0.3) is 0 Å². The highest BCUT2D eigenvalue weighted by atomic mass is 32.1.